The summed E-state index contributed by atoms with van der Waals surface area (Å²) in [6.07, 6.45) is 3.61. The molecule has 1 N–H and O–H groups in total. The molecule has 2 nitrogen and oxygen atoms in total. The van der Waals surface area contributed by atoms with Crippen LogP contribution in [-0.2, 0) is 0 Å². The molecule has 1 aromatic carbocycles. The van der Waals surface area contributed by atoms with Gasteiger partial charge in [0.25, 0.3) is 0 Å². The molecule has 92 valence electrons. The molecule has 0 amide bonds. The van der Waals surface area contributed by atoms with Crippen LogP contribution in [0.2, 0.25) is 0 Å². The predicted octanol–water partition coefficient (Wildman–Crippen LogP) is 3.38. The Morgan fingerprint density at radius 2 is 1.94 bits per heavy atom. The van der Waals surface area contributed by atoms with Crippen molar-refractivity contribution in [3.63, 3.8) is 0 Å². The molecule has 0 unspecified atom stereocenters. The van der Waals surface area contributed by atoms with Crippen LogP contribution in [-0.4, -0.2) is 29.6 Å². The summed E-state index contributed by atoms with van der Waals surface area (Å²) in [5.74, 6) is 0.989. The van der Waals surface area contributed by atoms with E-state index in [9.17, 15) is 4.39 Å². The number of rotatable bonds is 3. The molecule has 1 heterocycles. The molecular formula is C13H17FN2S. The fourth-order valence-electron chi connectivity index (χ4n) is 1.96. The van der Waals surface area contributed by atoms with Gasteiger partial charge in [-0.1, -0.05) is 12.1 Å². The van der Waals surface area contributed by atoms with Gasteiger partial charge in [-0.25, -0.2) is 4.39 Å². The summed E-state index contributed by atoms with van der Waals surface area (Å²) in [6.45, 7) is 1.97. The lowest BCUT2D eigenvalue weighted by Crippen LogP contribution is -2.36. The van der Waals surface area contributed by atoms with Gasteiger partial charge in [-0.2, -0.15) is 0 Å². The van der Waals surface area contributed by atoms with Gasteiger partial charge < -0.3 is 4.90 Å². The summed E-state index contributed by atoms with van der Waals surface area (Å²) in [5, 5.41) is 7.99. The molecule has 0 bridgehead atoms. The molecule has 1 aromatic rings. The first kappa shape index (κ1) is 12.4. The summed E-state index contributed by atoms with van der Waals surface area (Å²) in [6, 6.07) is 6.75. The Balaban J connectivity index is 1.85. The van der Waals surface area contributed by atoms with E-state index in [-0.39, 0.29) is 5.82 Å². The van der Waals surface area contributed by atoms with Gasteiger partial charge in [0, 0.05) is 18.0 Å². The number of benzene rings is 1. The molecular weight excluding hydrogens is 235 g/mol. The standard InChI is InChI=1S/C13H17FN2S/c14-11-6-2-3-7-12(11)17-10-13(15)16-8-4-1-5-9-16/h2-3,6-7,15H,1,4-5,8-10H2. The van der Waals surface area contributed by atoms with E-state index in [2.05, 4.69) is 4.90 Å². The van der Waals surface area contributed by atoms with Crippen molar-refractivity contribution in [2.24, 2.45) is 0 Å². The highest BCUT2D eigenvalue weighted by atomic mass is 32.2. The Morgan fingerprint density at radius 1 is 1.24 bits per heavy atom. The third-order valence-corrected chi connectivity index (χ3v) is 4.00. The number of thioether (sulfide) groups is 1. The maximum atomic E-state index is 13.4. The summed E-state index contributed by atoms with van der Waals surface area (Å²) < 4.78 is 13.4. The van der Waals surface area contributed by atoms with E-state index < -0.39 is 0 Å². The van der Waals surface area contributed by atoms with Gasteiger partial charge in [0.05, 0.1) is 5.75 Å². The van der Waals surface area contributed by atoms with Crippen LogP contribution >= 0.6 is 11.8 Å². The number of nitrogens with zero attached hydrogens (tertiary/aromatic N) is 1. The van der Waals surface area contributed by atoms with E-state index in [1.165, 1.54) is 37.1 Å². The van der Waals surface area contributed by atoms with E-state index in [1.54, 1.807) is 12.1 Å². The third-order valence-electron chi connectivity index (χ3n) is 2.94. The maximum Gasteiger partial charge on any atom is 0.136 e. The van der Waals surface area contributed by atoms with Crippen molar-refractivity contribution in [1.29, 1.82) is 5.41 Å². The lowest BCUT2D eigenvalue weighted by molar-refractivity contribution is 0.339. The van der Waals surface area contributed by atoms with Gasteiger partial charge in [-0.05, 0) is 31.4 Å². The average Bonchev–Trinajstić information content (AvgIpc) is 2.38. The van der Waals surface area contributed by atoms with E-state index in [4.69, 9.17) is 5.41 Å². The smallest absolute Gasteiger partial charge is 0.136 e. The van der Waals surface area contributed by atoms with Gasteiger partial charge >= 0.3 is 0 Å². The summed E-state index contributed by atoms with van der Waals surface area (Å²) in [5.41, 5.74) is 0. The number of hydrogen-bond donors (Lipinski definition) is 1. The van der Waals surface area contributed by atoms with Crippen LogP contribution in [0.25, 0.3) is 0 Å². The molecule has 0 aromatic heterocycles. The van der Waals surface area contributed by atoms with Crippen LogP contribution in [0, 0.1) is 11.2 Å². The van der Waals surface area contributed by atoms with Crippen LogP contribution < -0.4 is 0 Å². The number of piperidine rings is 1. The van der Waals surface area contributed by atoms with Crippen molar-refractivity contribution in [3.8, 4) is 0 Å². The molecule has 0 aliphatic carbocycles. The van der Waals surface area contributed by atoms with Crippen molar-refractivity contribution in [1.82, 2.24) is 4.90 Å². The number of likely N-dealkylation sites (tertiary alicyclic amines) is 1. The van der Waals surface area contributed by atoms with Crippen LogP contribution in [0.5, 0.6) is 0 Å². The van der Waals surface area contributed by atoms with Gasteiger partial charge in [-0.15, -0.1) is 11.8 Å². The zero-order valence-corrected chi connectivity index (χ0v) is 10.6. The topological polar surface area (TPSA) is 27.1 Å². The first-order chi connectivity index (χ1) is 8.27. The first-order valence-corrected chi connectivity index (χ1v) is 6.95. The zero-order chi connectivity index (χ0) is 12.1. The van der Waals surface area contributed by atoms with E-state index in [0.717, 1.165) is 13.1 Å². The van der Waals surface area contributed by atoms with Crippen LogP contribution in [0.1, 0.15) is 19.3 Å². The lowest BCUT2D eigenvalue weighted by Gasteiger charge is -2.28. The highest BCUT2D eigenvalue weighted by molar-refractivity contribution is 8.00. The Bertz CT molecular complexity index is 389. The van der Waals surface area contributed by atoms with Gasteiger partial charge in [0.15, 0.2) is 0 Å². The fourth-order valence-corrected chi connectivity index (χ4v) is 2.82. The van der Waals surface area contributed by atoms with Crippen molar-refractivity contribution in [2.75, 3.05) is 18.8 Å². The van der Waals surface area contributed by atoms with E-state index in [0.29, 0.717) is 16.5 Å². The fraction of sp³-hybridized carbons (Fsp3) is 0.462. The minimum Gasteiger partial charge on any atom is -0.360 e. The first-order valence-electron chi connectivity index (χ1n) is 5.97. The summed E-state index contributed by atoms with van der Waals surface area (Å²) in [4.78, 5) is 2.74. The monoisotopic (exact) mass is 252 g/mol. The van der Waals surface area contributed by atoms with Crippen molar-refractivity contribution >= 4 is 17.6 Å². The largest absolute Gasteiger partial charge is 0.360 e. The van der Waals surface area contributed by atoms with Crippen molar-refractivity contribution < 1.29 is 4.39 Å². The van der Waals surface area contributed by atoms with Gasteiger partial charge in [0.2, 0.25) is 0 Å². The van der Waals surface area contributed by atoms with E-state index in [1.807, 2.05) is 6.07 Å². The highest BCUT2D eigenvalue weighted by Gasteiger charge is 2.13. The second kappa shape index (κ2) is 6.05. The molecule has 1 fully saturated rings. The molecule has 1 saturated heterocycles. The van der Waals surface area contributed by atoms with Crippen LogP contribution in [0.15, 0.2) is 29.2 Å². The Labute approximate surface area is 106 Å². The molecule has 1 aliphatic rings. The third kappa shape index (κ3) is 3.46. The minimum absolute atomic E-state index is 0.191. The van der Waals surface area contributed by atoms with Crippen molar-refractivity contribution in [2.45, 2.75) is 24.2 Å². The Morgan fingerprint density at radius 3 is 2.65 bits per heavy atom. The molecule has 0 saturated carbocycles. The lowest BCUT2D eigenvalue weighted by atomic mass is 10.1. The molecule has 2 rings (SSSR count). The van der Waals surface area contributed by atoms with Crippen molar-refractivity contribution in [3.05, 3.63) is 30.1 Å². The quantitative estimate of drug-likeness (QED) is 0.507. The van der Waals surface area contributed by atoms with Gasteiger partial charge in [-0.3, -0.25) is 5.41 Å². The SMILES string of the molecule is N=C(CSc1ccccc1F)N1CCCCC1. The Hall–Kier alpha value is -1.03. The molecule has 4 heteroatoms. The molecule has 17 heavy (non-hydrogen) atoms. The summed E-state index contributed by atoms with van der Waals surface area (Å²) in [7, 11) is 0. The zero-order valence-electron chi connectivity index (χ0n) is 9.79. The number of halogens is 1. The average molecular weight is 252 g/mol. The molecule has 0 radical (unpaired) electrons. The molecule has 0 spiro atoms. The van der Waals surface area contributed by atoms with Gasteiger partial charge in [0.1, 0.15) is 11.7 Å². The molecule has 1 aliphatic heterocycles. The molecule has 0 atom stereocenters. The second-order valence-electron chi connectivity index (χ2n) is 4.21. The minimum atomic E-state index is -0.191. The number of amidine groups is 1. The highest BCUT2D eigenvalue weighted by Crippen LogP contribution is 2.22. The van der Waals surface area contributed by atoms with Crippen LogP contribution in [0.4, 0.5) is 4.39 Å². The summed E-state index contributed by atoms with van der Waals surface area (Å²) >= 11 is 1.41. The number of hydrogen-bond acceptors (Lipinski definition) is 2. The predicted molar refractivity (Wildman–Crippen MR) is 70.3 cm³/mol. The van der Waals surface area contributed by atoms with Crippen LogP contribution in [0.3, 0.4) is 0 Å². The number of nitrogens with one attached hydrogen (secondary N) is 1. The maximum absolute atomic E-state index is 13.4. The second-order valence-corrected chi connectivity index (χ2v) is 5.23. The normalized spacial score (nSPS) is 15.9. The Kier molecular flexibility index (Phi) is 4.42. The van der Waals surface area contributed by atoms with E-state index >= 15 is 0 Å².